The molecule has 0 amide bonds. The maximum absolute atomic E-state index is 10.6. The highest BCUT2D eigenvalue weighted by Gasteiger charge is 2.07. The van der Waals surface area contributed by atoms with Crippen LogP contribution in [-0.2, 0) is 17.8 Å². The van der Waals surface area contributed by atoms with Crippen LogP contribution in [0.4, 0.5) is 0 Å². The highest BCUT2D eigenvalue weighted by atomic mass is 32.1. The van der Waals surface area contributed by atoms with E-state index in [4.69, 9.17) is 5.11 Å². The molecule has 4 heteroatoms. The molecule has 0 fully saturated rings. The van der Waals surface area contributed by atoms with E-state index in [0.29, 0.717) is 0 Å². The summed E-state index contributed by atoms with van der Waals surface area (Å²) in [5, 5.41) is 12.2. The van der Waals surface area contributed by atoms with Crippen molar-refractivity contribution in [3.05, 3.63) is 57.3 Å². The lowest BCUT2D eigenvalue weighted by Crippen LogP contribution is -2.17. The quantitative estimate of drug-likeness (QED) is 0.855. The van der Waals surface area contributed by atoms with Gasteiger partial charge in [-0.3, -0.25) is 4.79 Å². The smallest absolute Gasteiger partial charge is 0.308 e. The standard InChI is InChI=1S/C16H19NO2S/c1-11-3-5-13(6-4-11)12(2)17-10-15-8-7-14(20-15)9-16(18)19/h3-8,12,17H,9-10H2,1-2H3,(H,18,19)/t12-/m0/s1. The van der Waals surface area contributed by atoms with Crippen molar-refractivity contribution in [3.8, 4) is 0 Å². The molecule has 0 spiro atoms. The van der Waals surface area contributed by atoms with Gasteiger partial charge in [0.25, 0.3) is 0 Å². The van der Waals surface area contributed by atoms with E-state index in [2.05, 4.69) is 43.4 Å². The normalized spacial score (nSPS) is 12.3. The first-order chi connectivity index (χ1) is 9.54. The van der Waals surface area contributed by atoms with Crippen LogP contribution in [0.3, 0.4) is 0 Å². The molecule has 0 aliphatic heterocycles. The first kappa shape index (κ1) is 14.8. The summed E-state index contributed by atoms with van der Waals surface area (Å²) in [6, 6.07) is 12.7. The summed E-state index contributed by atoms with van der Waals surface area (Å²) >= 11 is 1.56. The minimum Gasteiger partial charge on any atom is -0.481 e. The van der Waals surface area contributed by atoms with Crippen LogP contribution in [-0.4, -0.2) is 11.1 Å². The van der Waals surface area contributed by atoms with Crippen LogP contribution in [0.2, 0.25) is 0 Å². The van der Waals surface area contributed by atoms with E-state index in [1.165, 1.54) is 16.0 Å². The number of carboxylic acids is 1. The summed E-state index contributed by atoms with van der Waals surface area (Å²) in [5.41, 5.74) is 2.52. The SMILES string of the molecule is Cc1ccc([C@H](C)NCc2ccc(CC(=O)O)s2)cc1. The topological polar surface area (TPSA) is 49.3 Å². The molecule has 1 aromatic carbocycles. The molecule has 0 saturated carbocycles. The highest BCUT2D eigenvalue weighted by Crippen LogP contribution is 2.19. The Morgan fingerprint density at radius 2 is 1.85 bits per heavy atom. The molecule has 0 bridgehead atoms. The Balaban J connectivity index is 1.89. The van der Waals surface area contributed by atoms with Crippen LogP contribution in [0.15, 0.2) is 36.4 Å². The summed E-state index contributed by atoms with van der Waals surface area (Å²) in [6.07, 6.45) is 0.109. The number of nitrogens with one attached hydrogen (secondary N) is 1. The van der Waals surface area contributed by atoms with Gasteiger partial charge < -0.3 is 10.4 Å². The van der Waals surface area contributed by atoms with Gasteiger partial charge in [0.15, 0.2) is 0 Å². The van der Waals surface area contributed by atoms with Gasteiger partial charge in [-0.25, -0.2) is 0 Å². The number of rotatable bonds is 6. The van der Waals surface area contributed by atoms with Gasteiger partial charge in [0.1, 0.15) is 0 Å². The molecule has 0 aliphatic rings. The molecule has 2 N–H and O–H groups in total. The van der Waals surface area contributed by atoms with Gasteiger partial charge in [-0.05, 0) is 31.5 Å². The molecule has 2 aromatic rings. The van der Waals surface area contributed by atoms with Crippen LogP contribution in [0.25, 0.3) is 0 Å². The van der Waals surface area contributed by atoms with Crippen LogP contribution in [0.1, 0.15) is 33.8 Å². The van der Waals surface area contributed by atoms with Crippen molar-refractivity contribution in [1.29, 1.82) is 0 Å². The van der Waals surface area contributed by atoms with Gasteiger partial charge in [-0.15, -0.1) is 11.3 Å². The molecule has 3 nitrogen and oxygen atoms in total. The number of thiophene rings is 1. The lowest BCUT2D eigenvalue weighted by Gasteiger charge is -2.13. The largest absolute Gasteiger partial charge is 0.481 e. The zero-order chi connectivity index (χ0) is 14.5. The summed E-state index contributed by atoms with van der Waals surface area (Å²) in [7, 11) is 0. The number of carboxylic acid groups (broad SMARTS) is 1. The van der Waals surface area contributed by atoms with Crippen molar-refractivity contribution >= 4 is 17.3 Å². The van der Waals surface area contributed by atoms with E-state index in [9.17, 15) is 4.79 Å². The predicted molar refractivity (Wildman–Crippen MR) is 82.1 cm³/mol. The summed E-state index contributed by atoms with van der Waals surface area (Å²) < 4.78 is 0. The second-order valence-electron chi connectivity index (χ2n) is 4.95. The number of benzene rings is 1. The van der Waals surface area contributed by atoms with Crippen molar-refractivity contribution < 1.29 is 9.90 Å². The Kier molecular flexibility index (Phi) is 4.93. The molecule has 0 aliphatic carbocycles. The average molecular weight is 289 g/mol. The van der Waals surface area contributed by atoms with Crippen molar-refractivity contribution in [2.45, 2.75) is 32.9 Å². The Hall–Kier alpha value is -1.65. The third-order valence-corrected chi connectivity index (χ3v) is 4.29. The maximum Gasteiger partial charge on any atom is 0.308 e. The third-order valence-electron chi connectivity index (χ3n) is 3.20. The van der Waals surface area contributed by atoms with Crippen LogP contribution < -0.4 is 5.32 Å². The number of hydrogen-bond donors (Lipinski definition) is 2. The molecule has 2 rings (SSSR count). The maximum atomic E-state index is 10.6. The zero-order valence-corrected chi connectivity index (χ0v) is 12.5. The first-order valence-corrected chi connectivity index (χ1v) is 7.45. The minimum absolute atomic E-state index is 0.109. The monoisotopic (exact) mass is 289 g/mol. The second kappa shape index (κ2) is 6.68. The summed E-state index contributed by atoms with van der Waals surface area (Å²) in [5.74, 6) is -0.778. The fourth-order valence-corrected chi connectivity index (χ4v) is 2.95. The average Bonchev–Trinajstić information content (AvgIpc) is 2.83. The van der Waals surface area contributed by atoms with Crippen LogP contribution in [0, 0.1) is 6.92 Å². The molecular formula is C16H19NO2S. The fourth-order valence-electron chi connectivity index (χ4n) is 1.99. The van der Waals surface area contributed by atoms with Crippen LogP contribution in [0.5, 0.6) is 0 Å². The molecular weight excluding hydrogens is 270 g/mol. The number of aliphatic carboxylic acids is 1. The van der Waals surface area contributed by atoms with E-state index < -0.39 is 5.97 Å². The zero-order valence-electron chi connectivity index (χ0n) is 11.7. The van der Waals surface area contributed by atoms with E-state index >= 15 is 0 Å². The van der Waals surface area contributed by atoms with E-state index in [-0.39, 0.29) is 12.5 Å². The molecule has 106 valence electrons. The molecule has 0 saturated heterocycles. The van der Waals surface area contributed by atoms with Gasteiger partial charge in [0.2, 0.25) is 0 Å². The number of hydrogen-bond acceptors (Lipinski definition) is 3. The van der Waals surface area contributed by atoms with Gasteiger partial charge >= 0.3 is 5.97 Å². The third kappa shape index (κ3) is 4.18. The van der Waals surface area contributed by atoms with E-state index in [1.54, 1.807) is 11.3 Å². The molecule has 0 radical (unpaired) electrons. The lowest BCUT2D eigenvalue weighted by molar-refractivity contribution is -0.136. The predicted octanol–water partition coefficient (Wildman–Crippen LogP) is 3.53. The summed E-state index contributed by atoms with van der Waals surface area (Å²) in [6.45, 7) is 4.98. The number of aryl methyl sites for hydroxylation is 1. The van der Waals surface area contributed by atoms with Crippen molar-refractivity contribution in [3.63, 3.8) is 0 Å². The second-order valence-corrected chi connectivity index (χ2v) is 6.20. The Labute approximate surface area is 123 Å². The first-order valence-electron chi connectivity index (χ1n) is 6.64. The minimum atomic E-state index is -0.778. The van der Waals surface area contributed by atoms with Crippen LogP contribution >= 0.6 is 11.3 Å². The fraction of sp³-hybridized carbons (Fsp3) is 0.312. The van der Waals surface area contributed by atoms with E-state index in [1.807, 2.05) is 12.1 Å². The van der Waals surface area contributed by atoms with Gasteiger partial charge in [-0.2, -0.15) is 0 Å². The Morgan fingerprint density at radius 3 is 2.50 bits per heavy atom. The lowest BCUT2D eigenvalue weighted by atomic mass is 10.1. The van der Waals surface area contributed by atoms with E-state index in [0.717, 1.165) is 11.4 Å². The Morgan fingerprint density at radius 1 is 1.20 bits per heavy atom. The van der Waals surface area contributed by atoms with Crippen molar-refractivity contribution in [1.82, 2.24) is 5.32 Å². The molecule has 0 unspecified atom stereocenters. The van der Waals surface area contributed by atoms with Gasteiger partial charge in [-0.1, -0.05) is 29.8 Å². The molecule has 1 heterocycles. The highest BCUT2D eigenvalue weighted by molar-refractivity contribution is 7.12. The Bertz CT molecular complexity index is 574. The molecule has 20 heavy (non-hydrogen) atoms. The van der Waals surface area contributed by atoms with Gasteiger partial charge in [0, 0.05) is 22.3 Å². The molecule has 1 atom stereocenters. The van der Waals surface area contributed by atoms with Crippen molar-refractivity contribution in [2.75, 3.05) is 0 Å². The van der Waals surface area contributed by atoms with Crippen molar-refractivity contribution in [2.24, 2.45) is 0 Å². The van der Waals surface area contributed by atoms with Gasteiger partial charge in [0.05, 0.1) is 6.42 Å². The molecule has 1 aromatic heterocycles. The number of carbonyl (C=O) groups is 1. The summed E-state index contributed by atoms with van der Waals surface area (Å²) in [4.78, 5) is 12.7.